The Morgan fingerprint density at radius 3 is 2.33 bits per heavy atom. The minimum atomic E-state index is -0.750. The quantitative estimate of drug-likeness (QED) is 0.0585. The summed E-state index contributed by atoms with van der Waals surface area (Å²) in [6, 6.07) is 14.0. The molecule has 322 valence electrons. The molecule has 2 aromatic rings. The van der Waals surface area contributed by atoms with Crippen LogP contribution in [0.25, 0.3) is 0 Å². The van der Waals surface area contributed by atoms with E-state index in [1.165, 1.54) is 34.6 Å². The SMILES string of the molecule is C=S(C)C1=CC2=NC=C([C@@H]3CCCC(CC4CC4)[C@H](COC(=C/C(C)c4c(C)cccc4C)/N=C(\C)N)N3C(=O)c3cccc(C)c3)NC2N1C.CC.CC.OCO.[HH]. The Kier molecular flexibility index (Phi) is 19.4. The summed E-state index contributed by atoms with van der Waals surface area (Å²) in [6.45, 7) is 17.9. The summed E-state index contributed by atoms with van der Waals surface area (Å²) in [6.07, 6.45) is 14.7. The Hall–Kier alpha value is -4.19. The van der Waals surface area contributed by atoms with Crippen molar-refractivity contribution in [1.29, 1.82) is 0 Å². The number of likely N-dealkylation sites (tertiary alicyclic amines) is 1. The minimum Gasteiger partial charge on any atom is -0.476 e. The maximum atomic E-state index is 15.0. The Morgan fingerprint density at radius 2 is 1.74 bits per heavy atom. The van der Waals surface area contributed by atoms with E-state index in [1.807, 2.05) is 65.1 Å². The lowest BCUT2D eigenvalue weighted by atomic mass is 9.89. The predicted molar refractivity (Wildman–Crippen MR) is 248 cm³/mol. The summed E-state index contributed by atoms with van der Waals surface area (Å²) >= 11 is 0. The molecular weight excluding hydrogens is 745 g/mol. The van der Waals surface area contributed by atoms with Crippen molar-refractivity contribution >= 4 is 33.8 Å². The van der Waals surface area contributed by atoms with Crippen molar-refractivity contribution in [2.75, 3.05) is 26.7 Å². The molecule has 1 aliphatic carbocycles. The zero-order valence-electron chi connectivity index (χ0n) is 37.1. The fourth-order valence-electron chi connectivity index (χ4n) is 8.25. The van der Waals surface area contributed by atoms with Crippen molar-refractivity contribution in [2.24, 2.45) is 27.6 Å². The summed E-state index contributed by atoms with van der Waals surface area (Å²) in [5.74, 6) is 6.31. The average Bonchev–Trinajstić information content (AvgIpc) is 3.98. The molecule has 4 aliphatic rings. The molecule has 3 aliphatic heterocycles. The van der Waals surface area contributed by atoms with Gasteiger partial charge in [0.2, 0.25) is 5.88 Å². The molecule has 5 N–H and O–H groups in total. The van der Waals surface area contributed by atoms with E-state index in [0.717, 1.165) is 42.7 Å². The monoisotopic (exact) mass is 819 g/mol. The molecule has 3 heterocycles. The molecule has 1 saturated carbocycles. The van der Waals surface area contributed by atoms with Crippen LogP contribution in [0.5, 0.6) is 0 Å². The van der Waals surface area contributed by atoms with Crippen LogP contribution in [0, 0.1) is 32.6 Å². The molecule has 4 unspecified atom stereocenters. The number of amides is 1. The van der Waals surface area contributed by atoms with Gasteiger partial charge in [-0.1, -0.05) is 95.6 Å². The van der Waals surface area contributed by atoms with E-state index in [9.17, 15) is 4.79 Å². The number of aliphatic hydroxyl groups is 2. The lowest BCUT2D eigenvalue weighted by molar-refractivity contribution is 0.0312. The number of aliphatic hydroxyl groups excluding tert-OH is 1. The van der Waals surface area contributed by atoms with Crippen LogP contribution < -0.4 is 11.1 Å². The van der Waals surface area contributed by atoms with Gasteiger partial charge in [0.1, 0.15) is 19.6 Å². The zero-order chi connectivity index (χ0) is 43.1. The molecule has 0 aromatic heterocycles. The second-order valence-corrected chi connectivity index (χ2v) is 16.9. The van der Waals surface area contributed by atoms with Crippen molar-refractivity contribution in [3.05, 3.63) is 105 Å². The van der Waals surface area contributed by atoms with Gasteiger partial charge in [0.05, 0.1) is 34.4 Å². The number of hydrogen-bond donors (Lipinski definition) is 4. The number of rotatable bonds is 11. The lowest BCUT2D eigenvalue weighted by Crippen LogP contribution is -2.56. The number of nitrogens with zero attached hydrogens (tertiary/aromatic N) is 4. The lowest BCUT2D eigenvalue weighted by Gasteiger charge is -2.42. The molecular formula is C47H74N6O4S. The number of allylic oxidation sites excluding steroid dienone is 1. The number of hydrogen-bond acceptors (Lipinski definition) is 8. The minimum absolute atomic E-state index is 0. The summed E-state index contributed by atoms with van der Waals surface area (Å²) in [5, 5.41) is 19.3. The number of nitrogens with one attached hydrogen (secondary N) is 1. The van der Waals surface area contributed by atoms with Gasteiger partial charge in [-0.15, -0.1) is 10.5 Å². The predicted octanol–water partition coefficient (Wildman–Crippen LogP) is 8.99. The molecule has 10 nitrogen and oxygen atoms in total. The average molecular weight is 819 g/mol. The van der Waals surface area contributed by atoms with Gasteiger partial charge >= 0.3 is 0 Å². The number of amidine groups is 1. The largest absolute Gasteiger partial charge is 0.476 e. The molecule has 0 bridgehead atoms. The van der Waals surface area contributed by atoms with E-state index >= 15 is 0 Å². The van der Waals surface area contributed by atoms with Gasteiger partial charge in [0.25, 0.3) is 5.91 Å². The van der Waals surface area contributed by atoms with Gasteiger partial charge in [-0.05, 0) is 106 Å². The number of fused-ring (bicyclic) bond motifs is 1. The normalized spacial score (nSPS) is 22.7. The van der Waals surface area contributed by atoms with Crippen LogP contribution in [0.4, 0.5) is 0 Å². The van der Waals surface area contributed by atoms with Crippen molar-refractivity contribution in [2.45, 2.75) is 125 Å². The Labute approximate surface area is 353 Å². The van der Waals surface area contributed by atoms with Gasteiger partial charge in [-0.3, -0.25) is 9.79 Å². The first-order chi connectivity index (χ1) is 27.8. The Morgan fingerprint density at radius 1 is 1.10 bits per heavy atom. The van der Waals surface area contributed by atoms with Crippen LogP contribution in [0.1, 0.15) is 120 Å². The maximum absolute atomic E-state index is 15.0. The highest BCUT2D eigenvalue weighted by Gasteiger charge is 2.44. The fraction of sp³-hybridized carbons (Fsp3) is 0.532. The highest BCUT2D eigenvalue weighted by molar-refractivity contribution is 8.16. The summed E-state index contributed by atoms with van der Waals surface area (Å²) in [4.78, 5) is 29.0. The third kappa shape index (κ3) is 12.7. The van der Waals surface area contributed by atoms with Crippen LogP contribution in [0.15, 0.2) is 87.4 Å². The van der Waals surface area contributed by atoms with Crippen LogP contribution in [-0.4, -0.2) is 88.3 Å². The Balaban J connectivity index is 0.00000141. The smallest absolute Gasteiger partial charge is 0.254 e. The molecule has 6 atom stereocenters. The van der Waals surface area contributed by atoms with Crippen molar-refractivity contribution in [3.8, 4) is 0 Å². The number of nitrogens with two attached hydrogens (primary N) is 1. The van der Waals surface area contributed by atoms with E-state index < -0.39 is 6.79 Å². The molecule has 0 spiro atoms. The van der Waals surface area contributed by atoms with Gasteiger partial charge in [-0.2, -0.15) is 0 Å². The van der Waals surface area contributed by atoms with Crippen LogP contribution in [0.2, 0.25) is 0 Å². The van der Waals surface area contributed by atoms with Crippen LogP contribution in [-0.2, 0) is 4.74 Å². The molecule has 1 amide bonds. The first-order valence-electron chi connectivity index (χ1n) is 21.1. The number of aliphatic imine (C=N–C) groups is 2. The standard InChI is InChI=1S/C42H56N6O2S.2C2H6.CH4O2.H2/c1-26-12-9-16-33(20-26)42(49)48-36(35-24-44-34-23-39(51(7)8)47(6)41(34)46-35)17-11-15-32(22-31-18-19-31)37(48)25-50-38(45-30(5)43)21-29(4)40-27(2)13-10-14-28(40)3;2*1-2;2-1-3;/h9-10,12-14,16,20-21,23-24,29,31-32,36-37,41,46H,7,11,15,17-19,22,25H2,1-6,8H3,(H2,43,45);2*1-2H3;2-3H,1H2;1H/b38-21+;;;;/t29?,32?,36-,37-,41?,51?;;;;/m0..../s1. The van der Waals surface area contributed by atoms with E-state index in [-0.39, 0.29) is 47.9 Å². The van der Waals surface area contributed by atoms with E-state index in [1.54, 1.807) is 6.92 Å². The molecule has 58 heavy (non-hydrogen) atoms. The molecule has 1 saturated heterocycles. The topological polar surface area (TPSA) is 136 Å². The first-order valence-corrected chi connectivity index (χ1v) is 22.9. The van der Waals surface area contributed by atoms with Gasteiger partial charge in [0.15, 0.2) is 0 Å². The third-order valence-electron chi connectivity index (χ3n) is 10.9. The maximum Gasteiger partial charge on any atom is 0.254 e. The van der Waals surface area contributed by atoms with E-state index in [4.69, 9.17) is 30.7 Å². The van der Waals surface area contributed by atoms with Crippen LogP contribution >= 0.6 is 10.5 Å². The number of carbonyl (C=O) groups is 1. The second kappa shape index (κ2) is 23.4. The number of carbonyl (C=O) groups excluding carboxylic acids is 1. The van der Waals surface area contributed by atoms with E-state index in [0.29, 0.717) is 29.8 Å². The fourth-order valence-corrected chi connectivity index (χ4v) is 9.16. The third-order valence-corrected chi connectivity index (χ3v) is 12.0. The number of benzene rings is 2. The van der Waals surface area contributed by atoms with E-state index in [2.05, 4.69) is 85.4 Å². The van der Waals surface area contributed by atoms with Gasteiger partial charge in [0, 0.05) is 26.2 Å². The van der Waals surface area contributed by atoms with Crippen molar-refractivity contribution in [1.82, 2.24) is 15.1 Å². The summed E-state index contributed by atoms with van der Waals surface area (Å²) < 4.78 is 6.76. The number of ether oxygens (including phenoxy) is 1. The Bertz CT molecular complexity index is 1830. The molecule has 2 fully saturated rings. The van der Waals surface area contributed by atoms with Crippen molar-refractivity contribution in [3.63, 3.8) is 0 Å². The highest BCUT2D eigenvalue weighted by Crippen LogP contribution is 2.42. The molecule has 0 radical (unpaired) electrons. The number of aryl methyl sites for hydroxylation is 3. The zero-order valence-corrected chi connectivity index (χ0v) is 37.9. The molecule has 11 heteroatoms. The highest BCUT2D eigenvalue weighted by atomic mass is 32.2. The van der Waals surface area contributed by atoms with Crippen molar-refractivity contribution < 1.29 is 21.2 Å². The molecule has 2 aromatic carbocycles. The molecule has 6 rings (SSSR count). The summed E-state index contributed by atoms with van der Waals surface area (Å²) in [5.41, 5.74) is 13.6. The van der Waals surface area contributed by atoms with Gasteiger partial charge in [-0.25, -0.2) is 4.99 Å². The van der Waals surface area contributed by atoms with Gasteiger partial charge < -0.3 is 35.8 Å². The van der Waals surface area contributed by atoms with Crippen LogP contribution in [0.3, 0.4) is 0 Å². The second-order valence-electron chi connectivity index (χ2n) is 15.3. The first kappa shape index (κ1) is 48.2. The summed E-state index contributed by atoms with van der Waals surface area (Å²) in [7, 11) is 1.95.